The molecule has 3 rings (SSSR count). The van der Waals surface area contributed by atoms with E-state index in [4.69, 9.17) is 4.74 Å². The number of carbonyl (C=O) groups is 2. The standard InChI is InChI=1S/C26H34N2O5S/c1-17-15-18(2)24(19(3)16-17)27-25(29)20(4)33-26(30)21-11-13-23(14-12-21)34(31,32)28(5)22-9-7-6-8-10-22/h11-16,20,22H,6-10H2,1-5H3,(H,27,29). The lowest BCUT2D eigenvalue weighted by Gasteiger charge is -2.30. The van der Waals surface area contributed by atoms with E-state index in [2.05, 4.69) is 5.32 Å². The zero-order valence-electron chi connectivity index (χ0n) is 20.6. The van der Waals surface area contributed by atoms with Crippen molar-refractivity contribution >= 4 is 27.6 Å². The third-order valence-electron chi connectivity index (χ3n) is 6.43. The van der Waals surface area contributed by atoms with Crippen LogP contribution in [0.4, 0.5) is 5.69 Å². The van der Waals surface area contributed by atoms with Crippen LogP contribution in [0.1, 0.15) is 66.1 Å². The average Bonchev–Trinajstić information content (AvgIpc) is 2.81. The highest BCUT2D eigenvalue weighted by Crippen LogP contribution is 2.27. The van der Waals surface area contributed by atoms with Crippen LogP contribution in [0.15, 0.2) is 41.3 Å². The van der Waals surface area contributed by atoms with E-state index in [-0.39, 0.29) is 16.5 Å². The summed E-state index contributed by atoms with van der Waals surface area (Å²) in [4.78, 5) is 25.3. The first kappa shape index (κ1) is 25.9. The number of esters is 1. The van der Waals surface area contributed by atoms with Crippen molar-refractivity contribution in [3.05, 3.63) is 58.7 Å². The molecule has 1 aliphatic carbocycles. The van der Waals surface area contributed by atoms with E-state index >= 15 is 0 Å². The number of benzene rings is 2. The molecule has 0 saturated heterocycles. The van der Waals surface area contributed by atoms with Gasteiger partial charge in [-0.25, -0.2) is 13.2 Å². The fourth-order valence-electron chi connectivity index (χ4n) is 4.45. The fourth-order valence-corrected chi connectivity index (χ4v) is 5.87. The van der Waals surface area contributed by atoms with Gasteiger partial charge in [0.25, 0.3) is 5.91 Å². The van der Waals surface area contributed by atoms with Crippen molar-refractivity contribution in [3.63, 3.8) is 0 Å². The highest BCUT2D eigenvalue weighted by Gasteiger charge is 2.29. The molecule has 0 spiro atoms. The predicted octanol–water partition coefficient (Wildman–Crippen LogP) is 4.75. The van der Waals surface area contributed by atoms with E-state index in [0.29, 0.717) is 5.69 Å². The minimum absolute atomic E-state index is 0.00329. The predicted molar refractivity (Wildman–Crippen MR) is 132 cm³/mol. The van der Waals surface area contributed by atoms with Crippen molar-refractivity contribution < 1.29 is 22.7 Å². The number of sulfonamides is 1. The first-order valence-electron chi connectivity index (χ1n) is 11.7. The van der Waals surface area contributed by atoms with Gasteiger partial charge >= 0.3 is 5.97 Å². The zero-order valence-corrected chi connectivity index (χ0v) is 21.4. The molecule has 1 atom stereocenters. The van der Waals surface area contributed by atoms with Crippen LogP contribution in [0.5, 0.6) is 0 Å². The van der Waals surface area contributed by atoms with E-state index in [9.17, 15) is 18.0 Å². The molecule has 1 unspecified atom stereocenters. The Kier molecular flexibility index (Phi) is 8.15. The van der Waals surface area contributed by atoms with Crippen LogP contribution in [0, 0.1) is 20.8 Å². The Hall–Kier alpha value is -2.71. The van der Waals surface area contributed by atoms with Crippen LogP contribution in [0.2, 0.25) is 0 Å². The van der Waals surface area contributed by atoms with Gasteiger partial charge in [-0.3, -0.25) is 4.79 Å². The fraction of sp³-hybridized carbons (Fsp3) is 0.462. The lowest BCUT2D eigenvalue weighted by atomic mass is 9.96. The van der Waals surface area contributed by atoms with E-state index in [1.807, 2.05) is 32.9 Å². The Balaban J connectivity index is 1.64. The van der Waals surface area contributed by atoms with Crippen LogP contribution in [-0.2, 0) is 19.6 Å². The summed E-state index contributed by atoms with van der Waals surface area (Å²) in [7, 11) is -2.03. The Labute approximate surface area is 202 Å². The van der Waals surface area contributed by atoms with Crippen molar-refractivity contribution in [3.8, 4) is 0 Å². The van der Waals surface area contributed by atoms with Gasteiger partial charge in [0.1, 0.15) is 0 Å². The van der Waals surface area contributed by atoms with Gasteiger partial charge in [-0.05, 0) is 75.9 Å². The number of rotatable bonds is 7. The lowest BCUT2D eigenvalue weighted by Crippen LogP contribution is -2.38. The third kappa shape index (κ3) is 5.85. The number of anilines is 1. The molecule has 184 valence electrons. The minimum Gasteiger partial charge on any atom is -0.449 e. The molecule has 7 nitrogen and oxygen atoms in total. The summed E-state index contributed by atoms with van der Waals surface area (Å²) < 4.78 is 32.7. The van der Waals surface area contributed by atoms with E-state index in [0.717, 1.165) is 48.8 Å². The number of carbonyl (C=O) groups excluding carboxylic acids is 2. The summed E-state index contributed by atoms with van der Waals surface area (Å²) in [5.74, 6) is -1.12. The number of nitrogens with one attached hydrogen (secondary N) is 1. The Morgan fingerprint density at radius 3 is 2.12 bits per heavy atom. The molecule has 2 aromatic rings. The van der Waals surface area contributed by atoms with Gasteiger partial charge in [-0.15, -0.1) is 0 Å². The number of nitrogens with zero attached hydrogens (tertiary/aromatic N) is 1. The highest BCUT2D eigenvalue weighted by atomic mass is 32.2. The second-order valence-electron chi connectivity index (χ2n) is 9.15. The molecular formula is C26H34N2O5S. The molecule has 0 radical (unpaired) electrons. The summed E-state index contributed by atoms with van der Waals surface area (Å²) in [5.41, 5.74) is 3.85. The molecular weight excluding hydrogens is 452 g/mol. The number of hydrogen-bond acceptors (Lipinski definition) is 5. The van der Waals surface area contributed by atoms with Gasteiger partial charge in [0.2, 0.25) is 10.0 Å². The van der Waals surface area contributed by atoms with Crippen LogP contribution in [0.25, 0.3) is 0 Å². The molecule has 2 aromatic carbocycles. The van der Waals surface area contributed by atoms with Crippen molar-refractivity contribution in [1.29, 1.82) is 0 Å². The first-order chi connectivity index (χ1) is 16.0. The van der Waals surface area contributed by atoms with Crippen molar-refractivity contribution in [2.24, 2.45) is 0 Å². The molecule has 1 aliphatic rings. The normalized spacial score (nSPS) is 15.7. The monoisotopic (exact) mass is 486 g/mol. The van der Waals surface area contributed by atoms with E-state index in [1.165, 1.54) is 35.5 Å². The van der Waals surface area contributed by atoms with Crippen LogP contribution in [-0.4, -0.2) is 43.8 Å². The van der Waals surface area contributed by atoms with E-state index in [1.54, 1.807) is 7.05 Å². The average molecular weight is 487 g/mol. The van der Waals surface area contributed by atoms with Crippen LogP contribution < -0.4 is 5.32 Å². The van der Waals surface area contributed by atoms with Crippen LogP contribution >= 0.6 is 0 Å². The molecule has 1 fully saturated rings. The van der Waals surface area contributed by atoms with Gasteiger partial charge in [0.15, 0.2) is 6.10 Å². The lowest BCUT2D eigenvalue weighted by molar-refractivity contribution is -0.123. The van der Waals surface area contributed by atoms with Gasteiger partial charge in [0, 0.05) is 18.8 Å². The van der Waals surface area contributed by atoms with Crippen molar-refractivity contribution in [2.45, 2.75) is 76.8 Å². The van der Waals surface area contributed by atoms with Gasteiger partial charge in [0.05, 0.1) is 10.5 Å². The third-order valence-corrected chi connectivity index (χ3v) is 8.36. The topological polar surface area (TPSA) is 92.8 Å². The SMILES string of the molecule is Cc1cc(C)c(NC(=O)C(C)OC(=O)c2ccc(S(=O)(=O)N(C)C3CCCCC3)cc2)c(C)c1. The van der Waals surface area contributed by atoms with Gasteiger partial charge < -0.3 is 10.1 Å². The first-order valence-corrected chi connectivity index (χ1v) is 13.1. The molecule has 0 aromatic heterocycles. The summed E-state index contributed by atoms with van der Waals surface area (Å²) in [6.07, 6.45) is 3.91. The van der Waals surface area contributed by atoms with Crippen molar-refractivity contribution in [2.75, 3.05) is 12.4 Å². The number of hydrogen-bond donors (Lipinski definition) is 1. The molecule has 0 bridgehead atoms. The van der Waals surface area contributed by atoms with Gasteiger partial charge in [-0.1, -0.05) is 37.0 Å². The summed E-state index contributed by atoms with van der Waals surface area (Å²) in [5, 5.41) is 2.83. The maximum absolute atomic E-state index is 13.0. The zero-order chi connectivity index (χ0) is 25.0. The second kappa shape index (κ2) is 10.7. The Bertz CT molecular complexity index is 1130. The summed E-state index contributed by atoms with van der Waals surface area (Å²) >= 11 is 0. The maximum atomic E-state index is 13.0. The number of ether oxygens (including phenoxy) is 1. The molecule has 8 heteroatoms. The summed E-state index contributed by atoms with van der Waals surface area (Å²) in [6, 6.07) is 9.61. The smallest absolute Gasteiger partial charge is 0.338 e. The van der Waals surface area contributed by atoms with E-state index < -0.39 is 28.0 Å². The van der Waals surface area contributed by atoms with Gasteiger partial charge in [-0.2, -0.15) is 4.31 Å². The molecule has 1 amide bonds. The molecule has 34 heavy (non-hydrogen) atoms. The maximum Gasteiger partial charge on any atom is 0.338 e. The minimum atomic E-state index is -3.65. The Morgan fingerprint density at radius 2 is 1.56 bits per heavy atom. The Morgan fingerprint density at radius 1 is 1.00 bits per heavy atom. The highest BCUT2D eigenvalue weighted by molar-refractivity contribution is 7.89. The molecule has 1 N–H and O–H groups in total. The van der Waals surface area contributed by atoms with Crippen molar-refractivity contribution in [1.82, 2.24) is 4.31 Å². The van der Waals surface area contributed by atoms with Crippen LogP contribution in [0.3, 0.4) is 0 Å². The molecule has 1 saturated carbocycles. The second-order valence-corrected chi connectivity index (χ2v) is 11.1. The number of amides is 1. The molecule has 0 aliphatic heterocycles. The molecule has 0 heterocycles. The quantitative estimate of drug-likeness (QED) is 0.570. The largest absolute Gasteiger partial charge is 0.449 e. The number of aryl methyl sites for hydroxylation is 3. The summed E-state index contributed by atoms with van der Waals surface area (Å²) in [6.45, 7) is 7.31.